The van der Waals surface area contributed by atoms with Gasteiger partial charge in [-0.1, -0.05) is 13.8 Å². The third kappa shape index (κ3) is 4.21. The summed E-state index contributed by atoms with van der Waals surface area (Å²) < 4.78 is 68.4. The van der Waals surface area contributed by atoms with Crippen LogP contribution in [0.25, 0.3) is 0 Å². The minimum atomic E-state index is -6.03. The Balaban J connectivity index is 3.01. The summed E-state index contributed by atoms with van der Waals surface area (Å²) in [6, 6.07) is 3.41. The van der Waals surface area contributed by atoms with Crippen LogP contribution in [0.5, 0.6) is 5.75 Å². The van der Waals surface area contributed by atoms with Gasteiger partial charge in [0, 0.05) is 5.56 Å². The lowest BCUT2D eigenvalue weighted by molar-refractivity contribution is -0.269. The standard InChI is InChI=1S/C15H16F5NO3/c1-8(2)11(12(22)14(16,17)15(18,19)20)21-13(23)9-4-6-10(24-3)7-5-9/h4-8,11H,1-3H3,(H,21,23). The predicted molar refractivity (Wildman–Crippen MR) is 75.1 cm³/mol. The molecular weight excluding hydrogens is 337 g/mol. The minimum absolute atomic E-state index is 0.00965. The average molecular weight is 353 g/mol. The molecule has 0 aromatic heterocycles. The molecule has 24 heavy (non-hydrogen) atoms. The average Bonchev–Trinajstić information content (AvgIpc) is 2.50. The van der Waals surface area contributed by atoms with Gasteiger partial charge in [-0.05, 0) is 30.2 Å². The fourth-order valence-corrected chi connectivity index (χ4v) is 1.84. The number of hydrogen-bond acceptors (Lipinski definition) is 3. The van der Waals surface area contributed by atoms with Gasteiger partial charge >= 0.3 is 12.1 Å². The van der Waals surface area contributed by atoms with E-state index in [1.165, 1.54) is 45.2 Å². The van der Waals surface area contributed by atoms with Crippen LogP contribution in [0, 0.1) is 5.92 Å². The largest absolute Gasteiger partial charge is 0.497 e. The highest BCUT2D eigenvalue weighted by atomic mass is 19.4. The highest BCUT2D eigenvalue weighted by molar-refractivity contribution is 6.00. The second-order valence-electron chi connectivity index (χ2n) is 5.36. The molecule has 1 atom stereocenters. The van der Waals surface area contributed by atoms with E-state index in [0.717, 1.165) is 0 Å². The number of hydrogen-bond donors (Lipinski definition) is 1. The Bertz CT molecular complexity index is 596. The lowest BCUT2D eigenvalue weighted by Crippen LogP contribution is -2.56. The first-order chi connectivity index (χ1) is 10.9. The maximum absolute atomic E-state index is 13.2. The Labute approximate surface area is 135 Å². The van der Waals surface area contributed by atoms with Crippen LogP contribution in [-0.4, -0.2) is 36.9 Å². The van der Waals surface area contributed by atoms with Crippen LogP contribution in [0.1, 0.15) is 24.2 Å². The summed E-state index contributed by atoms with van der Waals surface area (Å²) in [5.74, 6) is -9.43. The van der Waals surface area contributed by atoms with Crippen molar-refractivity contribution < 1.29 is 36.3 Å². The first-order valence-electron chi connectivity index (χ1n) is 6.85. The summed E-state index contributed by atoms with van der Waals surface area (Å²) in [6.07, 6.45) is -6.03. The van der Waals surface area contributed by atoms with Gasteiger partial charge in [-0.2, -0.15) is 22.0 Å². The number of carbonyl (C=O) groups excluding carboxylic acids is 2. The summed E-state index contributed by atoms with van der Waals surface area (Å²) >= 11 is 0. The number of amides is 1. The molecule has 1 rings (SSSR count). The second kappa shape index (κ2) is 7.14. The van der Waals surface area contributed by atoms with Crippen LogP contribution in [-0.2, 0) is 4.79 Å². The van der Waals surface area contributed by atoms with E-state index in [1.807, 2.05) is 5.32 Å². The summed E-state index contributed by atoms with van der Waals surface area (Å²) in [5, 5.41) is 1.94. The highest BCUT2D eigenvalue weighted by Crippen LogP contribution is 2.37. The summed E-state index contributed by atoms with van der Waals surface area (Å²) in [6.45, 7) is 2.51. The summed E-state index contributed by atoms with van der Waals surface area (Å²) in [4.78, 5) is 23.6. The SMILES string of the molecule is COc1ccc(C(=O)NC(C(=O)C(F)(F)C(F)(F)F)C(C)C)cc1. The molecule has 1 N–H and O–H groups in total. The van der Waals surface area contributed by atoms with Crippen molar-refractivity contribution in [3.8, 4) is 5.75 Å². The van der Waals surface area contributed by atoms with Crippen molar-refractivity contribution in [2.75, 3.05) is 7.11 Å². The number of alkyl halides is 5. The van der Waals surface area contributed by atoms with E-state index in [2.05, 4.69) is 0 Å². The van der Waals surface area contributed by atoms with E-state index >= 15 is 0 Å². The van der Waals surface area contributed by atoms with Gasteiger partial charge in [-0.25, -0.2) is 0 Å². The third-order valence-electron chi connectivity index (χ3n) is 3.25. The zero-order valence-electron chi connectivity index (χ0n) is 13.1. The monoisotopic (exact) mass is 353 g/mol. The number of ketones is 1. The van der Waals surface area contributed by atoms with Crippen molar-refractivity contribution in [3.05, 3.63) is 29.8 Å². The molecule has 134 valence electrons. The number of nitrogens with one attached hydrogen (secondary N) is 1. The van der Waals surface area contributed by atoms with E-state index in [0.29, 0.717) is 5.75 Å². The first kappa shape index (κ1) is 19.9. The molecule has 0 aliphatic rings. The number of Topliss-reactive ketones (excluding diaryl/α,β-unsaturated/α-hetero) is 1. The molecule has 4 nitrogen and oxygen atoms in total. The van der Waals surface area contributed by atoms with Crippen LogP contribution < -0.4 is 10.1 Å². The molecule has 0 spiro atoms. The molecule has 1 amide bonds. The molecule has 0 saturated carbocycles. The van der Waals surface area contributed by atoms with E-state index in [4.69, 9.17) is 4.74 Å². The van der Waals surface area contributed by atoms with Gasteiger partial charge < -0.3 is 10.1 Å². The van der Waals surface area contributed by atoms with Crippen molar-refractivity contribution in [1.29, 1.82) is 0 Å². The molecular formula is C15H16F5NO3. The van der Waals surface area contributed by atoms with Gasteiger partial charge in [0.1, 0.15) is 5.75 Å². The van der Waals surface area contributed by atoms with Gasteiger partial charge in [-0.15, -0.1) is 0 Å². The second-order valence-corrected chi connectivity index (χ2v) is 5.36. The van der Waals surface area contributed by atoms with E-state index in [9.17, 15) is 31.5 Å². The molecule has 0 aliphatic heterocycles. The Morgan fingerprint density at radius 2 is 1.54 bits per heavy atom. The van der Waals surface area contributed by atoms with Crippen LogP contribution in [0.15, 0.2) is 24.3 Å². The highest BCUT2D eigenvalue weighted by Gasteiger charge is 2.64. The first-order valence-corrected chi connectivity index (χ1v) is 6.85. The third-order valence-corrected chi connectivity index (χ3v) is 3.25. The Kier molecular flexibility index (Phi) is 5.91. The number of methoxy groups -OCH3 is 1. The molecule has 9 heteroatoms. The smallest absolute Gasteiger partial charge is 0.461 e. The fourth-order valence-electron chi connectivity index (χ4n) is 1.84. The Morgan fingerprint density at radius 1 is 1.04 bits per heavy atom. The van der Waals surface area contributed by atoms with Crippen LogP contribution >= 0.6 is 0 Å². The molecule has 0 bridgehead atoms. The number of benzene rings is 1. The molecule has 0 aliphatic carbocycles. The Hall–Kier alpha value is -2.19. The van der Waals surface area contributed by atoms with Crippen molar-refractivity contribution in [1.82, 2.24) is 5.32 Å². The maximum atomic E-state index is 13.2. The molecule has 0 fully saturated rings. The maximum Gasteiger partial charge on any atom is 0.461 e. The van der Waals surface area contributed by atoms with E-state index < -0.39 is 35.7 Å². The molecule has 1 unspecified atom stereocenters. The van der Waals surface area contributed by atoms with Gasteiger partial charge in [0.15, 0.2) is 0 Å². The van der Waals surface area contributed by atoms with Crippen LogP contribution in [0.2, 0.25) is 0 Å². The zero-order valence-corrected chi connectivity index (χ0v) is 13.1. The van der Waals surface area contributed by atoms with E-state index in [-0.39, 0.29) is 5.56 Å². The number of ether oxygens (including phenoxy) is 1. The van der Waals surface area contributed by atoms with Crippen LogP contribution in [0.3, 0.4) is 0 Å². The van der Waals surface area contributed by atoms with Crippen molar-refractivity contribution >= 4 is 11.7 Å². The summed E-state index contributed by atoms with van der Waals surface area (Å²) in [7, 11) is 1.39. The van der Waals surface area contributed by atoms with E-state index in [1.54, 1.807) is 0 Å². The van der Waals surface area contributed by atoms with Gasteiger partial charge in [0.25, 0.3) is 5.91 Å². The van der Waals surface area contributed by atoms with Gasteiger partial charge in [-0.3, -0.25) is 9.59 Å². The lowest BCUT2D eigenvalue weighted by Gasteiger charge is -2.26. The molecule has 0 heterocycles. The fraction of sp³-hybridized carbons (Fsp3) is 0.467. The predicted octanol–water partition coefficient (Wildman–Crippen LogP) is 3.22. The van der Waals surface area contributed by atoms with Crippen LogP contribution in [0.4, 0.5) is 22.0 Å². The van der Waals surface area contributed by atoms with Crippen molar-refractivity contribution in [2.24, 2.45) is 5.92 Å². The molecule has 0 radical (unpaired) electrons. The number of carbonyl (C=O) groups is 2. The molecule has 1 aromatic carbocycles. The number of halogens is 5. The zero-order chi connectivity index (χ0) is 18.7. The minimum Gasteiger partial charge on any atom is -0.497 e. The lowest BCUT2D eigenvalue weighted by atomic mass is 9.95. The quantitative estimate of drug-likeness (QED) is 0.799. The van der Waals surface area contributed by atoms with Gasteiger partial charge in [0.2, 0.25) is 5.78 Å². The Morgan fingerprint density at radius 3 is 1.92 bits per heavy atom. The van der Waals surface area contributed by atoms with Gasteiger partial charge in [0.05, 0.1) is 13.2 Å². The summed E-state index contributed by atoms with van der Waals surface area (Å²) in [5.41, 5.74) is -0.00965. The van der Waals surface area contributed by atoms with Crippen molar-refractivity contribution in [2.45, 2.75) is 32.0 Å². The van der Waals surface area contributed by atoms with Crippen molar-refractivity contribution in [3.63, 3.8) is 0 Å². The molecule has 1 aromatic rings. The topological polar surface area (TPSA) is 55.4 Å². The molecule has 0 saturated heterocycles. The normalized spacial score (nSPS) is 13.5. The number of rotatable bonds is 6.